The van der Waals surface area contributed by atoms with Crippen molar-refractivity contribution in [3.63, 3.8) is 0 Å². The molecule has 3 nitrogen and oxygen atoms in total. The Hall–Kier alpha value is -1.79. The molecule has 0 aliphatic rings. The summed E-state index contributed by atoms with van der Waals surface area (Å²) in [5.74, 6) is 6.26. The smallest absolute Gasteiger partial charge is 0.150 e. The van der Waals surface area contributed by atoms with Gasteiger partial charge in [0, 0.05) is 12.0 Å². The topological polar surface area (TPSA) is 46.5 Å². The fourth-order valence-electron chi connectivity index (χ4n) is 1.11. The first-order valence-corrected chi connectivity index (χ1v) is 4.54. The number of aliphatic hydroxyl groups is 1. The highest BCUT2D eigenvalue weighted by molar-refractivity contribution is 5.76. The molecule has 0 aromatic heterocycles. The maximum atomic E-state index is 10.6. The first-order chi connectivity index (χ1) is 7.31. The van der Waals surface area contributed by atoms with Crippen LogP contribution in [0.4, 0.5) is 0 Å². The maximum absolute atomic E-state index is 10.6. The van der Waals surface area contributed by atoms with Crippen LogP contribution < -0.4 is 4.74 Å². The van der Waals surface area contributed by atoms with Gasteiger partial charge in [-0.2, -0.15) is 0 Å². The quantitative estimate of drug-likeness (QED) is 0.595. The van der Waals surface area contributed by atoms with Crippen molar-refractivity contribution in [2.75, 3.05) is 13.7 Å². The molecule has 0 radical (unpaired) electrons. The van der Waals surface area contributed by atoms with Crippen LogP contribution in [0.5, 0.6) is 5.75 Å². The second-order valence-electron chi connectivity index (χ2n) is 2.85. The third-order valence-electron chi connectivity index (χ3n) is 1.82. The second-order valence-corrected chi connectivity index (χ2v) is 2.85. The number of carbonyl (C=O) groups excluding carboxylic acids is 1. The number of benzene rings is 1. The van der Waals surface area contributed by atoms with Crippen LogP contribution in [0, 0.1) is 11.8 Å². The summed E-state index contributed by atoms with van der Waals surface area (Å²) in [5, 5.41) is 8.58. The molecule has 0 amide bonds. The highest BCUT2D eigenvalue weighted by Crippen LogP contribution is 2.17. The first kappa shape index (κ1) is 11.3. The molecule has 1 N–H and O–H groups in total. The van der Waals surface area contributed by atoms with Gasteiger partial charge in [0.2, 0.25) is 0 Å². The van der Waals surface area contributed by atoms with Gasteiger partial charge in [-0.25, -0.2) is 0 Å². The van der Waals surface area contributed by atoms with Crippen LogP contribution in [0.3, 0.4) is 0 Å². The number of aldehydes is 1. The summed E-state index contributed by atoms with van der Waals surface area (Å²) in [6.07, 6.45) is 1.17. The number of methoxy groups -OCH3 is 1. The molecule has 0 bridgehead atoms. The van der Waals surface area contributed by atoms with Crippen molar-refractivity contribution in [1.29, 1.82) is 0 Å². The molecule has 0 atom stereocenters. The Balaban J connectivity index is 3.02. The molecule has 78 valence electrons. The predicted octanol–water partition coefficient (Wildman–Crippen LogP) is 1.24. The standard InChI is InChI=1S/C12H12O3/c1-15-12-6-5-10(9-14)8-11(12)4-2-3-7-13/h5-6,8-9,13H,3,7H2,1H3. The highest BCUT2D eigenvalue weighted by Gasteiger charge is 2.00. The minimum Gasteiger partial charge on any atom is -0.495 e. The molecule has 1 rings (SSSR count). The number of hydrogen-bond donors (Lipinski definition) is 1. The van der Waals surface area contributed by atoms with E-state index in [1.807, 2.05) is 0 Å². The zero-order valence-corrected chi connectivity index (χ0v) is 8.49. The Bertz CT molecular complexity index is 399. The summed E-state index contributed by atoms with van der Waals surface area (Å²) in [5.41, 5.74) is 1.22. The molecular weight excluding hydrogens is 192 g/mol. The lowest BCUT2D eigenvalue weighted by molar-refractivity contribution is 0.112. The van der Waals surface area contributed by atoms with Crippen molar-refractivity contribution in [3.8, 4) is 17.6 Å². The Morgan fingerprint density at radius 1 is 1.53 bits per heavy atom. The highest BCUT2D eigenvalue weighted by atomic mass is 16.5. The average Bonchev–Trinajstić information content (AvgIpc) is 2.29. The van der Waals surface area contributed by atoms with E-state index in [9.17, 15) is 4.79 Å². The summed E-state index contributed by atoms with van der Waals surface area (Å²) < 4.78 is 5.09. The van der Waals surface area contributed by atoms with Crippen LogP contribution in [-0.2, 0) is 0 Å². The fourth-order valence-corrected chi connectivity index (χ4v) is 1.11. The average molecular weight is 204 g/mol. The third-order valence-corrected chi connectivity index (χ3v) is 1.82. The molecule has 0 aliphatic heterocycles. The summed E-state index contributed by atoms with van der Waals surface area (Å²) in [6, 6.07) is 5.03. The van der Waals surface area contributed by atoms with E-state index in [0.717, 1.165) is 6.29 Å². The van der Waals surface area contributed by atoms with E-state index in [0.29, 0.717) is 23.3 Å². The number of hydrogen-bond acceptors (Lipinski definition) is 3. The lowest BCUT2D eigenvalue weighted by Crippen LogP contribution is -1.90. The van der Waals surface area contributed by atoms with Gasteiger partial charge in [0.1, 0.15) is 12.0 Å². The van der Waals surface area contributed by atoms with Gasteiger partial charge in [-0.3, -0.25) is 4.79 Å². The predicted molar refractivity (Wildman–Crippen MR) is 57.0 cm³/mol. The molecule has 0 saturated carbocycles. The Kier molecular flexibility index (Phi) is 4.39. The van der Waals surface area contributed by atoms with E-state index in [1.54, 1.807) is 25.3 Å². The molecule has 0 fully saturated rings. The molecule has 0 spiro atoms. The van der Waals surface area contributed by atoms with E-state index in [1.165, 1.54) is 0 Å². The Morgan fingerprint density at radius 2 is 2.33 bits per heavy atom. The molecule has 3 heteroatoms. The van der Waals surface area contributed by atoms with Crippen LogP contribution >= 0.6 is 0 Å². The van der Waals surface area contributed by atoms with E-state index < -0.39 is 0 Å². The van der Waals surface area contributed by atoms with E-state index in [-0.39, 0.29) is 6.61 Å². The normalized spacial score (nSPS) is 8.93. The Labute approximate surface area is 88.7 Å². The van der Waals surface area contributed by atoms with Crippen LogP contribution in [0.25, 0.3) is 0 Å². The van der Waals surface area contributed by atoms with Crippen molar-refractivity contribution >= 4 is 6.29 Å². The lowest BCUT2D eigenvalue weighted by Gasteiger charge is -2.02. The van der Waals surface area contributed by atoms with Gasteiger partial charge in [0.25, 0.3) is 0 Å². The molecular formula is C12H12O3. The third kappa shape index (κ3) is 3.12. The van der Waals surface area contributed by atoms with Crippen LogP contribution in [0.15, 0.2) is 18.2 Å². The number of ether oxygens (including phenoxy) is 1. The van der Waals surface area contributed by atoms with Gasteiger partial charge in [0.15, 0.2) is 0 Å². The zero-order chi connectivity index (χ0) is 11.1. The molecule has 1 aromatic carbocycles. The Morgan fingerprint density at radius 3 is 2.93 bits per heavy atom. The molecule has 1 aromatic rings. The second kappa shape index (κ2) is 5.84. The molecule has 0 heterocycles. The fraction of sp³-hybridized carbons (Fsp3) is 0.250. The largest absolute Gasteiger partial charge is 0.495 e. The lowest BCUT2D eigenvalue weighted by atomic mass is 10.1. The van der Waals surface area contributed by atoms with Gasteiger partial charge >= 0.3 is 0 Å². The van der Waals surface area contributed by atoms with E-state index >= 15 is 0 Å². The minimum absolute atomic E-state index is 0.0304. The number of aliphatic hydroxyl groups excluding tert-OH is 1. The summed E-state index contributed by atoms with van der Waals surface area (Å²) in [7, 11) is 1.55. The molecule has 0 aliphatic carbocycles. The monoisotopic (exact) mass is 204 g/mol. The van der Waals surface area contributed by atoms with Gasteiger partial charge in [-0.05, 0) is 18.2 Å². The van der Waals surface area contributed by atoms with Gasteiger partial charge in [-0.15, -0.1) is 0 Å². The molecule has 0 unspecified atom stereocenters. The van der Waals surface area contributed by atoms with Crippen molar-refractivity contribution in [1.82, 2.24) is 0 Å². The SMILES string of the molecule is COc1ccc(C=O)cc1C#CCCO. The van der Waals surface area contributed by atoms with Crippen LogP contribution in [-0.4, -0.2) is 25.1 Å². The maximum Gasteiger partial charge on any atom is 0.150 e. The minimum atomic E-state index is 0.0304. The molecule has 15 heavy (non-hydrogen) atoms. The number of carbonyl (C=O) groups is 1. The van der Waals surface area contributed by atoms with Gasteiger partial charge < -0.3 is 9.84 Å². The van der Waals surface area contributed by atoms with Gasteiger partial charge in [0.05, 0.1) is 19.3 Å². The number of rotatable bonds is 3. The first-order valence-electron chi connectivity index (χ1n) is 4.54. The zero-order valence-electron chi connectivity index (χ0n) is 8.49. The van der Waals surface area contributed by atoms with E-state index in [2.05, 4.69) is 11.8 Å². The summed E-state index contributed by atoms with van der Waals surface area (Å²) in [6.45, 7) is 0.0304. The van der Waals surface area contributed by atoms with Crippen molar-refractivity contribution in [2.45, 2.75) is 6.42 Å². The van der Waals surface area contributed by atoms with Crippen LogP contribution in [0.2, 0.25) is 0 Å². The summed E-state index contributed by atoms with van der Waals surface area (Å²) >= 11 is 0. The van der Waals surface area contributed by atoms with Crippen molar-refractivity contribution in [2.24, 2.45) is 0 Å². The summed E-state index contributed by atoms with van der Waals surface area (Å²) in [4.78, 5) is 10.6. The van der Waals surface area contributed by atoms with Crippen LogP contribution in [0.1, 0.15) is 22.3 Å². The van der Waals surface area contributed by atoms with Gasteiger partial charge in [-0.1, -0.05) is 11.8 Å². The van der Waals surface area contributed by atoms with Crippen molar-refractivity contribution < 1.29 is 14.6 Å². The van der Waals surface area contributed by atoms with E-state index in [4.69, 9.17) is 9.84 Å². The van der Waals surface area contributed by atoms with Crippen molar-refractivity contribution in [3.05, 3.63) is 29.3 Å². The molecule has 0 saturated heterocycles.